The molecule has 1 heterocycles. The van der Waals surface area contributed by atoms with Crippen LogP contribution in [0.2, 0.25) is 5.02 Å². The first-order valence-electron chi connectivity index (χ1n) is 6.29. The minimum absolute atomic E-state index is 0.314. The zero-order valence-corrected chi connectivity index (χ0v) is 12.1. The van der Waals surface area contributed by atoms with Gasteiger partial charge in [-0.25, -0.2) is 9.67 Å². The molecule has 0 saturated carbocycles. The third-order valence-corrected chi connectivity index (χ3v) is 2.98. The smallest absolute Gasteiger partial charge is 0.164 e. The van der Waals surface area contributed by atoms with Gasteiger partial charge >= 0.3 is 0 Å². The van der Waals surface area contributed by atoms with Gasteiger partial charge in [0.15, 0.2) is 5.82 Å². The summed E-state index contributed by atoms with van der Waals surface area (Å²) in [4.78, 5) is 4.18. The van der Waals surface area contributed by atoms with Crippen molar-refractivity contribution in [2.24, 2.45) is 5.92 Å². The van der Waals surface area contributed by atoms with Crippen LogP contribution in [0.5, 0.6) is 5.75 Å². The van der Waals surface area contributed by atoms with Crippen LogP contribution in [0.4, 0.5) is 0 Å². The van der Waals surface area contributed by atoms with E-state index in [1.54, 1.807) is 18.2 Å². The second-order valence-electron chi connectivity index (χ2n) is 4.79. The largest absolute Gasteiger partial charge is 0.486 e. The lowest BCUT2D eigenvalue weighted by atomic mass is 10.2. The van der Waals surface area contributed by atoms with Gasteiger partial charge in [0.25, 0.3) is 0 Å². The zero-order valence-electron chi connectivity index (χ0n) is 11.4. The highest BCUT2D eigenvalue weighted by atomic mass is 35.5. The van der Waals surface area contributed by atoms with Crippen LogP contribution in [0.15, 0.2) is 24.5 Å². The van der Waals surface area contributed by atoms with E-state index in [2.05, 4.69) is 23.9 Å². The van der Waals surface area contributed by atoms with Gasteiger partial charge in [-0.1, -0.05) is 25.4 Å². The molecule has 20 heavy (non-hydrogen) atoms. The molecule has 1 aromatic carbocycles. The molecule has 2 aromatic rings. The molecule has 0 unspecified atom stereocenters. The van der Waals surface area contributed by atoms with Crippen LogP contribution in [0.3, 0.4) is 0 Å². The van der Waals surface area contributed by atoms with Gasteiger partial charge in [-0.2, -0.15) is 10.4 Å². The number of hydrogen-bond acceptors (Lipinski definition) is 4. The third kappa shape index (κ3) is 3.49. The second kappa shape index (κ2) is 6.40. The van der Waals surface area contributed by atoms with Crippen LogP contribution in [0.25, 0.3) is 0 Å². The van der Waals surface area contributed by atoms with E-state index in [9.17, 15) is 0 Å². The van der Waals surface area contributed by atoms with E-state index in [4.69, 9.17) is 21.6 Å². The average Bonchev–Trinajstić information content (AvgIpc) is 2.83. The second-order valence-corrected chi connectivity index (χ2v) is 5.20. The Morgan fingerprint density at radius 1 is 1.45 bits per heavy atom. The van der Waals surface area contributed by atoms with Crippen molar-refractivity contribution in [2.45, 2.75) is 27.0 Å². The van der Waals surface area contributed by atoms with Gasteiger partial charge in [0, 0.05) is 12.6 Å². The fourth-order valence-corrected chi connectivity index (χ4v) is 1.94. The van der Waals surface area contributed by atoms with Gasteiger partial charge in [-0.3, -0.25) is 0 Å². The molecule has 0 fully saturated rings. The summed E-state index contributed by atoms with van der Waals surface area (Å²) in [5.74, 6) is 1.85. The van der Waals surface area contributed by atoms with Crippen molar-refractivity contribution in [3.8, 4) is 11.8 Å². The molecule has 0 bridgehead atoms. The summed E-state index contributed by atoms with van der Waals surface area (Å²) in [5.41, 5.74) is 0.432. The van der Waals surface area contributed by atoms with Crippen molar-refractivity contribution < 1.29 is 4.74 Å². The molecule has 104 valence electrons. The predicted molar refractivity (Wildman–Crippen MR) is 75.4 cm³/mol. The Bertz CT molecular complexity index is 630. The summed E-state index contributed by atoms with van der Waals surface area (Å²) >= 11 is 5.95. The molecule has 0 aliphatic heterocycles. The molecule has 2 rings (SSSR count). The lowest BCUT2D eigenvalue weighted by Crippen LogP contribution is -2.12. The maximum Gasteiger partial charge on any atom is 0.164 e. The zero-order chi connectivity index (χ0) is 14.5. The highest BCUT2D eigenvalue weighted by molar-refractivity contribution is 6.31. The van der Waals surface area contributed by atoms with Crippen molar-refractivity contribution >= 4 is 11.6 Å². The van der Waals surface area contributed by atoms with Crippen molar-refractivity contribution in [2.75, 3.05) is 0 Å². The first-order chi connectivity index (χ1) is 9.60. The van der Waals surface area contributed by atoms with Gasteiger partial charge in [0.2, 0.25) is 0 Å². The molecular weight excluding hydrogens is 276 g/mol. The summed E-state index contributed by atoms with van der Waals surface area (Å²) in [7, 11) is 0. The number of hydrogen-bond donors (Lipinski definition) is 0. The summed E-state index contributed by atoms with van der Waals surface area (Å²) in [5, 5.41) is 13.4. The van der Waals surface area contributed by atoms with Crippen molar-refractivity contribution in [3.05, 3.63) is 40.9 Å². The average molecular weight is 291 g/mol. The number of halogens is 1. The third-order valence-electron chi connectivity index (χ3n) is 2.66. The quantitative estimate of drug-likeness (QED) is 0.849. The van der Waals surface area contributed by atoms with Crippen molar-refractivity contribution in [3.63, 3.8) is 0 Å². The monoisotopic (exact) mass is 290 g/mol. The van der Waals surface area contributed by atoms with Crippen LogP contribution < -0.4 is 4.74 Å². The summed E-state index contributed by atoms with van der Waals surface area (Å²) < 4.78 is 7.47. The predicted octanol–water partition coefficient (Wildman–Crippen LogP) is 3.04. The molecular formula is C14H15ClN4O. The molecule has 0 aliphatic rings. The van der Waals surface area contributed by atoms with E-state index >= 15 is 0 Å². The molecule has 0 N–H and O–H groups in total. The van der Waals surface area contributed by atoms with Crippen LogP contribution in [0, 0.1) is 17.2 Å². The number of nitrogens with zero attached hydrogens (tertiary/aromatic N) is 4. The standard InChI is InChI=1S/C14H15ClN4O/c1-10(2)7-19-14(17-9-18-19)8-20-12-4-3-11(6-16)13(15)5-12/h3-5,9-10H,7-8H2,1-2H3. The van der Waals surface area contributed by atoms with E-state index in [0.29, 0.717) is 28.9 Å². The SMILES string of the molecule is CC(C)Cn1ncnc1COc1ccc(C#N)c(Cl)c1. The number of nitriles is 1. The molecule has 0 aliphatic carbocycles. The van der Waals surface area contributed by atoms with Gasteiger partial charge in [-0.05, 0) is 18.1 Å². The fourth-order valence-electron chi connectivity index (χ4n) is 1.72. The fraction of sp³-hybridized carbons (Fsp3) is 0.357. The number of ether oxygens (including phenoxy) is 1. The van der Waals surface area contributed by atoms with E-state index in [0.717, 1.165) is 12.4 Å². The Morgan fingerprint density at radius 3 is 2.90 bits per heavy atom. The Hall–Kier alpha value is -2.06. The number of benzene rings is 1. The van der Waals surface area contributed by atoms with Crippen LogP contribution in [0.1, 0.15) is 25.2 Å². The van der Waals surface area contributed by atoms with Crippen molar-refractivity contribution in [1.29, 1.82) is 5.26 Å². The summed E-state index contributed by atoms with van der Waals surface area (Å²) in [6.07, 6.45) is 1.52. The molecule has 5 nitrogen and oxygen atoms in total. The highest BCUT2D eigenvalue weighted by Crippen LogP contribution is 2.22. The normalized spacial score (nSPS) is 10.6. The minimum Gasteiger partial charge on any atom is -0.486 e. The van der Waals surface area contributed by atoms with Gasteiger partial charge in [0.05, 0.1) is 10.6 Å². The van der Waals surface area contributed by atoms with Crippen LogP contribution >= 0.6 is 11.6 Å². The van der Waals surface area contributed by atoms with E-state index in [-0.39, 0.29) is 0 Å². The van der Waals surface area contributed by atoms with Crippen LogP contribution in [-0.2, 0) is 13.2 Å². The minimum atomic E-state index is 0.314. The first-order valence-corrected chi connectivity index (χ1v) is 6.67. The Balaban J connectivity index is 2.04. The lowest BCUT2D eigenvalue weighted by Gasteiger charge is -2.10. The molecule has 0 saturated heterocycles. The summed E-state index contributed by atoms with van der Waals surface area (Å²) in [6, 6.07) is 6.99. The summed E-state index contributed by atoms with van der Waals surface area (Å²) in [6.45, 7) is 5.35. The van der Waals surface area contributed by atoms with Gasteiger partial charge < -0.3 is 4.74 Å². The number of aromatic nitrogens is 3. The molecule has 0 amide bonds. The maximum atomic E-state index is 8.81. The Labute approximate surface area is 122 Å². The Morgan fingerprint density at radius 2 is 2.25 bits per heavy atom. The molecule has 1 aromatic heterocycles. The van der Waals surface area contributed by atoms with E-state index in [1.165, 1.54) is 6.33 Å². The first kappa shape index (κ1) is 14.4. The molecule has 6 heteroatoms. The highest BCUT2D eigenvalue weighted by Gasteiger charge is 2.08. The topological polar surface area (TPSA) is 63.7 Å². The lowest BCUT2D eigenvalue weighted by molar-refractivity contribution is 0.282. The van der Waals surface area contributed by atoms with Gasteiger partial charge in [-0.15, -0.1) is 0 Å². The number of rotatable bonds is 5. The van der Waals surface area contributed by atoms with Gasteiger partial charge in [0.1, 0.15) is 24.8 Å². The molecule has 0 spiro atoms. The van der Waals surface area contributed by atoms with E-state index < -0.39 is 0 Å². The molecule has 0 radical (unpaired) electrons. The van der Waals surface area contributed by atoms with Crippen molar-refractivity contribution in [1.82, 2.24) is 14.8 Å². The molecule has 0 atom stereocenters. The Kier molecular flexibility index (Phi) is 4.59. The van der Waals surface area contributed by atoms with E-state index in [1.807, 2.05) is 10.8 Å². The van der Waals surface area contributed by atoms with Crippen LogP contribution in [-0.4, -0.2) is 14.8 Å². The maximum absolute atomic E-state index is 8.81.